The zero-order valence-electron chi connectivity index (χ0n) is 8.83. The molecule has 2 aliphatic rings. The molecule has 1 saturated carbocycles. The van der Waals surface area contributed by atoms with Gasteiger partial charge in [-0.05, 0) is 44.7 Å². The maximum absolute atomic E-state index is 11.0. The van der Waals surface area contributed by atoms with Crippen molar-refractivity contribution in [3.63, 3.8) is 0 Å². The van der Waals surface area contributed by atoms with Crippen LogP contribution in [-0.4, -0.2) is 35.6 Å². The number of likely N-dealkylation sites (tertiary alicyclic amines) is 1. The van der Waals surface area contributed by atoms with Crippen molar-refractivity contribution in [1.29, 1.82) is 0 Å². The Morgan fingerprint density at radius 2 is 2.00 bits per heavy atom. The molecule has 0 aromatic heterocycles. The normalized spacial score (nSPS) is 27.5. The van der Waals surface area contributed by atoms with Crippen LogP contribution in [0, 0.1) is 11.3 Å². The van der Waals surface area contributed by atoms with Crippen molar-refractivity contribution in [2.75, 3.05) is 19.6 Å². The van der Waals surface area contributed by atoms with Crippen molar-refractivity contribution in [2.24, 2.45) is 11.3 Å². The van der Waals surface area contributed by atoms with Crippen molar-refractivity contribution in [3.05, 3.63) is 0 Å². The van der Waals surface area contributed by atoms with Gasteiger partial charge >= 0.3 is 5.97 Å². The van der Waals surface area contributed by atoms with Crippen LogP contribution in [-0.2, 0) is 4.79 Å². The highest BCUT2D eigenvalue weighted by Gasteiger charge is 2.51. The van der Waals surface area contributed by atoms with E-state index in [-0.39, 0.29) is 5.41 Å². The molecule has 0 atom stereocenters. The minimum Gasteiger partial charge on any atom is -0.481 e. The first kappa shape index (κ1) is 9.97. The van der Waals surface area contributed by atoms with E-state index < -0.39 is 5.97 Å². The Morgan fingerprint density at radius 3 is 2.43 bits per heavy atom. The molecule has 1 aliphatic heterocycles. The predicted molar refractivity (Wildman–Crippen MR) is 54.1 cm³/mol. The van der Waals surface area contributed by atoms with Crippen LogP contribution in [0.1, 0.15) is 32.6 Å². The Kier molecular flexibility index (Phi) is 2.52. The number of aliphatic carboxylic acids is 1. The summed E-state index contributed by atoms with van der Waals surface area (Å²) in [5.41, 5.74) is -0.361. The van der Waals surface area contributed by atoms with Gasteiger partial charge in [0.25, 0.3) is 0 Å². The summed E-state index contributed by atoms with van der Waals surface area (Å²) < 4.78 is 0. The molecule has 1 N–H and O–H groups in total. The van der Waals surface area contributed by atoms with Gasteiger partial charge in [-0.15, -0.1) is 0 Å². The van der Waals surface area contributed by atoms with Crippen molar-refractivity contribution in [2.45, 2.75) is 32.6 Å². The Morgan fingerprint density at radius 1 is 1.43 bits per heavy atom. The molecule has 1 aliphatic carbocycles. The maximum Gasteiger partial charge on any atom is 0.310 e. The van der Waals surface area contributed by atoms with Gasteiger partial charge in [-0.1, -0.05) is 6.92 Å². The third kappa shape index (κ3) is 1.92. The van der Waals surface area contributed by atoms with Crippen LogP contribution in [0.5, 0.6) is 0 Å². The Hall–Kier alpha value is -0.570. The van der Waals surface area contributed by atoms with E-state index in [0.29, 0.717) is 0 Å². The monoisotopic (exact) mass is 197 g/mol. The Bertz CT molecular complexity index is 227. The molecule has 80 valence electrons. The second kappa shape index (κ2) is 3.54. The maximum atomic E-state index is 11.0. The summed E-state index contributed by atoms with van der Waals surface area (Å²) in [5.74, 6) is 0.238. The van der Waals surface area contributed by atoms with Crippen molar-refractivity contribution >= 4 is 5.97 Å². The number of carboxylic acids is 1. The average Bonchev–Trinajstić information content (AvgIpc) is 2.90. The molecular formula is C11H19NO2. The number of nitrogens with zero attached hydrogens (tertiary/aromatic N) is 1. The number of hydrogen-bond acceptors (Lipinski definition) is 2. The van der Waals surface area contributed by atoms with Gasteiger partial charge in [0.05, 0.1) is 5.41 Å². The van der Waals surface area contributed by atoms with E-state index in [1.807, 2.05) is 0 Å². The molecule has 2 rings (SSSR count). The first-order valence-electron chi connectivity index (χ1n) is 5.58. The quantitative estimate of drug-likeness (QED) is 0.746. The average molecular weight is 197 g/mol. The molecule has 0 bridgehead atoms. The Balaban J connectivity index is 1.83. The second-order valence-electron chi connectivity index (χ2n) is 5.04. The minimum atomic E-state index is -0.587. The van der Waals surface area contributed by atoms with Gasteiger partial charge in [0.1, 0.15) is 0 Å². The van der Waals surface area contributed by atoms with Gasteiger partial charge in [0.15, 0.2) is 0 Å². The molecule has 14 heavy (non-hydrogen) atoms. The number of rotatable bonds is 3. The molecular weight excluding hydrogens is 178 g/mol. The minimum absolute atomic E-state index is 0.361. The molecule has 0 aromatic carbocycles. The van der Waals surface area contributed by atoms with E-state index >= 15 is 0 Å². The molecule has 3 heteroatoms. The van der Waals surface area contributed by atoms with Gasteiger partial charge in [0, 0.05) is 6.54 Å². The molecule has 0 radical (unpaired) electrons. The SMILES string of the molecule is CC1CCN(CC2(C(=O)O)CC2)CC1. The van der Waals surface area contributed by atoms with E-state index in [1.165, 1.54) is 12.8 Å². The van der Waals surface area contributed by atoms with Gasteiger partial charge in [-0.25, -0.2) is 0 Å². The molecule has 1 heterocycles. The third-order valence-electron chi connectivity index (χ3n) is 3.71. The highest BCUT2D eigenvalue weighted by Crippen LogP contribution is 2.46. The fourth-order valence-corrected chi connectivity index (χ4v) is 2.24. The predicted octanol–water partition coefficient (Wildman–Crippen LogP) is 1.58. The van der Waals surface area contributed by atoms with E-state index in [0.717, 1.165) is 38.4 Å². The standard InChI is InChI=1S/C11H19NO2/c1-9-2-6-12(7-3-9)8-11(4-5-11)10(13)14/h9H,2-8H2,1H3,(H,13,14). The van der Waals surface area contributed by atoms with Crippen LogP contribution in [0.2, 0.25) is 0 Å². The highest BCUT2D eigenvalue weighted by molar-refractivity contribution is 5.78. The van der Waals surface area contributed by atoms with Crippen LogP contribution in [0.15, 0.2) is 0 Å². The van der Waals surface area contributed by atoms with Crippen LogP contribution in [0.3, 0.4) is 0 Å². The van der Waals surface area contributed by atoms with E-state index in [2.05, 4.69) is 11.8 Å². The van der Waals surface area contributed by atoms with Crippen molar-refractivity contribution in [1.82, 2.24) is 4.90 Å². The van der Waals surface area contributed by atoms with Gasteiger partial charge in [0.2, 0.25) is 0 Å². The summed E-state index contributed by atoms with van der Waals surface area (Å²) in [6, 6.07) is 0. The summed E-state index contributed by atoms with van der Waals surface area (Å²) in [7, 11) is 0. The fraction of sp³-hybridized carbons (Fsp3) is 0.909. The van der Waals surface area contributed by atoms with Crippen LogP contribution >= 0.6 is 0 Å². The molecule has 0 unspecified atom stereocenters. The molecule has 2 fully saturated rings. The van der Waals surface area contributed by atoms with Gasteiger partial charge in [-0.2, -0.15) is 0 Å². The number of hydrogen-bond donors (Lipinski definition) is 1. The van der Waals surface area contributed by atoms with E-state index in [9.17, 15) is 4.79 Å². The van der Waals surface area contributed by atoms with Gasteiger partial charge < -0.3 is 10.0 Å². The Labute approximate surface area is 85.1 Å². The van der Waals surface area contributed by atoms with Crippen LogP contribution in [0.4, 0.5) is 0 Å². The topological polar surface area (TPSA) is 40.5 Å². The van der Waals surface area contributed by atoms with Crippen LogP contribution in [0.25, 0.3) is 0 Å². The lowest BCUT2D eigenvalue weighted by atomic mass is 9.97. The van der Waals surface area contributed by atoms with E-state index in [1.54, 1.807) is 0 Å². The molecule has 1 saturated heterocycles. The summed E-state index contributed by atoms with van der Waals surface area (Å²) in [5, 5.41) is 9.06. The molecule has 0 aromatic rings. The van der Waals surface area contributed by atoms with Crippen molar-refractivity contribution in [3.8, 4) is 0 Å². The largest absolute Gasteiger partial charge is 0.481 e. The lowest BCUT2D eigenvalue weighted by molar-refractivity contribution is -0.144. The smallest absolute Gasteiger partial charge is 0.310 e. The lowest BCUT2D eigenvalue weighted by Gasteiger charge is -2.32. The first-order chi connectivity index (χ1) is 6.62. The summed E-state index contributed by atoms with van der Waals surface area (Å²) in [6.07, 6.45) is 4.23. The zero-order chi connectivity index (χ0) is 10.2. The third-order valence-corrected chi connectivity index (χ3v) is 3.71. The van der Waals surface area contributed by atoms with E-state index in [4.69, 9.17) is 5.11 Å². The molecule has 3 nitrogen and oxygen atoms in total. The second-order valence-corrected chi connectivity index (χ2v) is 5.04. The lowest BCUT2D eigenvalue weighted by Crippen LogP contribution is -2.39. The number of carboxylic acid groups (broad SMARTS) is 1. The fourth-order valence-electron chi connectivity index (χ4n) is 2.24. The molecule has 0 amide bonds. The first-order valence-corrected chi connectivity index (χ1v) is 5.58. The zero-order valence-corrected chi connectivity index (χ0v) is 8.83. The molecule has 0 spiro atoms. The van der Waals surface area contributed by atoms with Crippen molar-refractivity contribution < 1.29 is 9.90 Å². The van der Waals surface area contributed by atoms with Gasteiger partial charge in [-0.3, -0.25) is 4.79 Å². The van der Waals surface area contributed by atoms with Crippen LogP contribution < -0.4 is 0 Å². The summed E-state index contributed by atoms with van der Waals surface area (Å²) in [4.78, 5) is 13.3. The number of carbonyl (C=O) groups is 1. The number of piperidine rings is 1. The summed E-state index contributed by atoms with van der Waals surface area (Å²) in [6.45, 7) is 5.25. The highest BCUT2D eigenvalue weighted by atomic mass is 16.4. The summed E-state index contributed by atoms with van der Waals surface area (Å²) >= 11 is 0.